The fourth-order valence-electron chi connectivity index (χ4n) is 1.62. The minimum absolute atomic E-state index is 0.277. The average Bonchev–Trinajstić information content (AvgIpc) is 2.93. The van der Waals surface area contributed by atoms with Crippen molar-refractivity contribution in [2.75, 3.05) is 13.1 Å². The molecule has 2 heteroatoms. The van der Waals surface area contributed by atoms with Gasteiger partial charge in [0.25, 0.3) is 0 Å². The summed E-state index contributed by atoms with van der Waals surface area (Å²) in [5, 5.41) is 12.0. The minimum atomic E-state index is 0.277. The van der Waals surface area contributed by atoms with E-state index in [2.05, 4.69) is 25.2 Å². The van der Waals surface area contributed by atoms with Gasteiger partial charge < -0.3 is 5.32 Å². The third-order valence-electron chi connectivity index (χ3n) is 2.94. The second-order valence-corrected chi connectivity index (χ2v) is 5.23. The summed E-state index contributed by atoms with van der Waals surface area (Å²) in [5.41, 5.74) is 0.277. The third kappa shape index (κ3) is 5.24. The summed E-state index contributed by atoms with van der Waals surface area (Å²) in [6.07, 6.45) is 5.91. The monoisotopic (exact) mass is 194 g/mol. The molecule has 0 spiro atoms. The third-order valence-corrected chi connectivity index (χ3v) is 2.94. The van der Waals surface area contributed by atoms with Gasteiger partial charge in [-0.05, 0) is 30.7 Å². The summed E-state index contributed by atoms with van der Waals surface area (Å²) in [7, 11) is 0. The predicted octanol–water partition coefficient (Wildman–Crippen LogP) is 2.71. The summed E-state index contributed by atoms with van der Waals surface area (Å²) in [4.78, 5) is 0. The molecule has 0 heterocycles. The zero-order valence-corrected chi connectivity index (χ0v) is 9.47. The molecule has 0 saturated heterocycles. The van der Waals surface area contributed by atoms with Crippen LogP contribution in [0.3, 0.4) is 0 Å². The van der Waals surface area contributed by atoms with Crippen molar-refractivity contribution in [3.8, 4) is 6.07 Å². The van der Waals surface area contributed by atoms with Crippen molar-refractivity contribution in [3.05, 3.63) is 0 Å². The Bertz CT molecular complexity index is 199. The normalized spacial score (nSPS) is 16.6. The van der Waals surface area contributed by atoms with Gasteiger partial charge in [0.15, 0.2) is 0 Å². The van der Waals surface area contributed by atoms with Gasteiger partial charge in [-0.2, -0.15) is 5.26 Å². The van der Waals surface area contributed by atoms with Crippen molar-refractivity contribution in [2.24, 2.45) is 11.3 Å². The van der Waals surface area contributed by atoms with E-state index >= 15 is 0 Å². The molecule has 0 aromatic heterocycles. The van der Waals surface area contributed by atoms with Crippen LogP contribution < -0.4 is 5.32 Å². The standard InChI is InChI=1S/C12H22N2/c1-12(2,7-3-8-13)10-14-9-6-11-4-5-11/h11,14H,3-7,9-10H2,1-2H3. The zero-order valence-electron chi connectivity index (χ0n) is 9.47. The minimum Gasteiger partial charge on any atom is -0.316 e. The van der Waals surface area contributed by atoms with Gasteiger partial charge >= 0.3 is 0 Å². The van der Waals surface area contributed by atoms with Gasteiger partial charge in [0.2, 0.25) is 0 Å². The smallest absolute Gasteiger partial charge is 0.0621 e. The summed E-state index contributed by atoms with van der Waals surface area (Å²) < 4.78 is 0. The highest BCUT2D eigenvalue weighted by atomic mass is 14.9. The predicted molar refractivity (Wildman–Crippen MR) is 58.8 cm³/mol. The van der Waals surface area contributed by atoms with E-state index < -0.39 is 0 Å². The maximum atomic E-state index is 8.51. The van der Waals surface area contributed by atoms with E-state index in [1.54, 1.807) is 0 Å². The summed E-state index contributed by atoms with van der Waals surface area (Å²) in [5.74, 6) is 1.02. The molecule has 80 valence electrons. The first-order valence-corrected chi connectivity index (χ1v) is 5.72. The average molecular weight is 194 g/mol. The lowest BCUT2D eigenvalue weighted by Gasteiger charge is -2.23. The van der Waals surface area contributed by atoms with E-state index in [4.69, 9.17) is 5.26 Å². The highest BCUT2D eigenvalue weighted by Crippen LogP contribution is 2.31. The molecule has 0 unspecified atom stereocenters. The van der Waals surface area contributed by atoms with E-state index in [9.17, 15) is 0 Å². The molecule has 0 radical (unpaired) electrons. The lowest BCUT2D eigenvalue weighted by molar-refractivity contribution is 0.317. The van der Waals surface area contributed by atoms with Crippen LogP contribution in [-0.4, -0.2) is 13.1 Å². The van der Waals surface area contributed by atoms with Crippen molar-refractivity contribution in [2.45, 2.75) is 46.0 Å². The second-order valence-electron chi connectivity index (χ2n) is 5.23. The van der Waals surface area contributed by atoms with Crippen molar-refractivity contribution >= 4 is 0 Å². The molecular weight excluding hydrogens is 172 g/mol. The zero-order chi connectivity index (χ0) is 10.4. The van der Waals surface area contributed by atoms with Crippen molar-refractivity contribution in [1.82, 2.24) is 5.32 Å². The first kappa shape index (κ1) is 11.5. The molecule has 1 N–H and O–H groups in total. The molecule has 14 heavy (non-hydrogen) atoms. The van der Waals surface area contributed by atoms with Crippen LogP contribution in [0.1, 0.15) is 46.0 Å². The molecule has 1 rings (SSSR count). The van der Waals surface area contributed by atoms with Gasteiger partial charge in [-0.1, -0.05) is 26.7 Å². The van der Waals surface area contributed by atoms with E-state index in [1.807, 2.05) is 0 Å². The SMILES string of the molecule is CC(C)(CCC#N)CNCCC1CC1. The molecule has 1 aliphatic rings. The number of nitriles is 1. The Morgan fingerprint density at radius 2 is 2.14 bits per heavy atom. The van der Waals surface area contributed by atoms with Gasteiger partial charge in [0.1, 0.15) is 0 Å². The Morgan fingerprint density at radius 1 is 1.43 bits per heavy atom. The fraction of sp³-hybridized carbons (Fsp3) is 0.917. The second kappa shape index (κ2) is 5.36. The number of hydrogen-bond donors (Lipinski definition) is 1. The molecule has 0 atom stereocenters. The van der Waals surface area contributed by atoms with Crippen LogP contribution in [0.4, 0.5) is 0 Å². The molecule has 0 amide bonds. The Kier molecular flexibility index (Phi) is 4.41. The quantitative estimate of drug-likeness (QED) is 0.632. The van der Waals surface area contributed by atoms with Crippen LogP contribution in [0, 0.1) is 22.7 Å². The van der Waals surface area contributed by atoms with Crippen LogP contribution in [0.25, 0.3) is 0 Å². The van der Waals surface area contributed by atoms with Gasteiger partial charge in [0, 0.05) is 13.0 Å². The van der Waals surface area contributed by atoms with Crippen LogP contribution in [-0.2, 0) is 0 Å². The molecule has 0 aliphatic heterocycles. The van der Waals surface area contributed by atoms with Crippen LogP contribution >= 0.6 is 0 Å². The largest absolute Gasteiger partial charge is 0.316 e. The fourth-order valence-corrected chi connectivity index (χ4v) is 1.62. The molecule has 0 aromatic rings. The number of nitrogens with zero attached hydrogens (tertiary/aromatic N) is 1. The molecule has 1 saturated carbocycles. The Hall–Kier alpha value is -0.550. The Labute approximate surface area is 87.7 Å². The highest BCUT2D eigenvalue weighted by Gasteiger charge is 2.21. The molecule has 0 aromatic carbocycles. The van der Waals surface area contributed by atoms with E-state index in [0.717, 1.165) is 25.4 Å². The molecule has 2 nitrogen and oxygen atoms in total. The maximum Gasteiger partial charge on any atom is 0.0621 e. The summed E-state index contributed by atoms with van der Waals surface area (Å²) in [6, 6.07) is 2.21. The Morgan fingerprint density at radius 3 is 2.71 bits per heavy atom. The van der Waals surface area contributed by atoms with E-state index in [-0.39, 0.29) is 5.41 Å². The lowest BCUT2D eigenvalue weighted by Crippen LogP contribution is -2.30. The molecule has 0 bridgehead atoms. The first-order chi connectivity index (χ1) is 6.64. The van der Waals surface area contributed by atoms with Crippen LogP contribution in [0.15, 0.2) is 0 Å². The summed E-state index contributed by atoms with van der Waals surface area (Å²) >= 11 is 0. The highest BCUT2D eigenvalue weighted by molar-refractivity contribution is 4.79. The number of rotatable bonds is 7. The van der Waals surface area contributed by atoms with Gasteiger partial charge in [-0.15, -0.1) is 0 Å². The van der Waals surface area contributed by atoms with Crippen molar-refractivity contribution in [3.63, 3.8) is 0 Å². The molecule has 1 aliphatic carbocycles. The maximum absolute atomic E-state index is 8.51. The van der Waals surface area contributed by atoms with Crippen molar-refractivity contribution in [1.29, 1.82) is 5.26 Å². The van der Waals surface area contributed by atoms with Gasteiger partial charge in [0.05, 0.1) is 6.07 Å². The first-order valence-electron chi connectivity index (χ1n) is 5.72. The number of nitrogens with one attached hydrogen (secondary N) is 1. The van der Waals surface area contributed by atoms with Crippen LogP contribution in [0.5, 0.6) is 0 Å². The van der Waals surface area contributed by atoms with E-state index in [1.165, 1.54) is 19.3 Å². The van der Waals surface area contributed by atoms with E-state index in [0.29, 0.717) is 6.42 Å². The molecular formula is C12H22N2. The lowest BCUT2D eigenvalue weighted by atomic mass is 9.88. The van der Waals surface area contributed by atoms with Gasteiger partial charge in [-0.3, -0.25) is 0 Å². The number of hydrogen-bond acceptors (Lipinski definition) is 2. The summed E-state index contributed by atoms with van der Waals surface area (Å²) in [6.45, 7) is 6.66. The molecule has 1 fully saturated rings. The Balaban J connectivity index is 1.99. The van der Waals surface area contributed by atoms with Gasteiger partial charge in [-0.25, -0.2) is 0 Å². The van der Waals surface area contributed by atoms with Crippen LogP contribution in [0.2, 0.25) is 0 Å². The topological polar surface area (TPSA) is 35.8 Å². The van der Waals surface area contributed by atoms with Crippen molar-refractivity contribution < 1.29 is 0 Å².